The standard InChI is InChI=1S/C29H46N4O3S.C2HF3O2/c1-4-5-11-25-29(36-28(35)33(25)20-23-9-7-6-8-10-23)14-18-31(19-15-29)24-12-16-32(17-13-24)27(34)26-21(2)30-22(3)37-26;3-2(4,5)1(6)7/h23-25H,4-20H2,1-3H3;(H,6,7). The molecule has 0 radical (unpaired) electrons. The van der Waals surface area contributed by atoms with Crippen molar-refractivity contribution in [3.63, 3.8) is 0 Å². The number of halogens is 3. The maximum absolute atomic E-state index is 13.2. The van der Waals surface area contributed by atoms with Crippen molar-refractivity contribution in [2.24, 2.45) is 5.92 Å². The number of carbonyl (C=O) groups excluding carboxylic acids is 2. The molecule has 1 atom stereocenters. The zero-order chi connectivity index (χ0) is 32.1. The van der Waals surface area contributed by atoms with E-state index in [1.807, 2.05) is 18.7 Å². The average Bonchev–Trinajstić information content (AvgIpc) is 3.46. The summed E-state index contributed by atoms with van der Waals surface area (Å²) in [5.74, 6) is -1.97. The van der Waals surface area contributed by atoms with Gasteiger partial charge in [0, 0.05) is 51.6 Å². The third-order valence-corrected chi connectivity index (χ3v) is 10.8. The van der Waals surface area contributed by atoms with Crippen molar-refractivity contribution in [1.29, 1.82) is 0 Å². The number of ether oxygens (including phenoxy) is 1. The van der Waals surface area contributed by atoms with E-state index in [0.717, 1.165) is 93.2 Å². The fourth-order valence-electron chi connectivity index (χ4n) is 7.39. The van der Waals surface area contributed by atoms with Crippen molar-refractivity contribution in [3.8, 4) is 0 Å². The first-order valence-corrected chi connectivity index (χ1v) is 16.9. The van der Waals surface area contributed by atoms with Gasteiger partial charge in [0.2, 0.25) is 0 Å². The molecule has 3 saturated heterocycles. The van der Waals surface area contributed by atoms with E-state index in [0.29, 0.717) is 12.0 Å². The quantitative estimate of drug-likeness (QED) is 0.365. The molecular formula is C31H47F3N4O5S. The zero-order valence-electron chi connectivity index (χ0n) is 26.2. The summed E-state index contributed by atoms with van der Waals surface area (Å²) in [7, 11) is 0. The van der Waals surface area contributed by atoms with Crippen molar-refractivity contribution in [3.05, 3.63) is 15.6 Å². The van der Waals surface area contributed by atoms with E-state index in [9.17, 15) is 22.8 Å². The number of aryl methyl sites for hydroxylation is 2. The van der Waals surface area contributed by atoms with Gasteiger partial charge in [-0.3, -0.25) is 9.69 Å². The van der Waals surface area contributed by atoms with E-state index in [-0.39, 0.29) is 23.6 Å². The van der Waals surface area contributed by atoms with Crippen LogP contribution in [-0.2, 0) is 9.53 Å². The summed E-state index contributed by atoms with van der Waals surface area (Å²) in [5, 5.41) is 8.08. The SMILES string of the molecule is CCCCC1N(CC2CCCCC2)C(=O)OC12CCN(C1CCN(C(=O)c3sc(C)nc3C)CC1)CC2.O=C(O)C(F)(F)F. The van der Waals surface area contributed by atoms with E-state index >= 15 is 0 Å². The minimum absolute atomic E-state index is 0.0551. The van der Waals surface area contributed by atoms with Crippen LogP contribution in [0.1, 0.15) is 104 Å². The number of rotatable bonds is 7. The number of piperidine rings is 2. The largest absolute Gasteiger partial charge is 0.490 e. The highest BCUT2D eigenvalue weighted by molar-refractivity contribution is 7.13. The highest BCUT2D eigenvalue weighted by atomic mass is 32.1. The van der Waals surface area contributed by atoms with Crippen LogP contribution in [0.5, 0.6) is 0 Å². The van der Waals surface area contributed by atoms with Crippen LogP contribution >= 0.6 is 11.3 Å². The fraction of sp³-hybridized carbons (Fsp3) is 0.806. The van der Waals surface area contributed by atoms with Gasteiger partial charge in [0.05, 0.1) is 16.7 Å². The molecular weight excluding hydrogens is 597 g/mol. The van der Waals surface area contributed by atoms with E-state index in [1.54, 1.807) is 0 Å². The van der Waals surface area contributed by atoms with Crippen LogP contribution in [0.15, 0.2) is 0 Å². The van der Waals surface area contributed by atoms with Gasteiger partial charge in [-0.1, -0.05) is 39.0 Å². The van der Waals surface area contributed by atoms with Gasteiger partial charge >= 0.3 is 18.2 Å². The van der Waals surface area contributed by atoms with E-state index in [4.69, 9.17) is 14.6 Å². The van der Waals surface area contributed by atoms with Gasteiger partial charge < -0.3 is 19.6 Å². The molecule has 1 N–H and O–H groups in total. The highest BCUT2D eigenvalue weighted by Crippen LogP contribution is 2.43. The van der Waals surface area contributed by atoms with Crippen LogP contribution < -0.4 is 0 Å². The maximum atomic E-state index is 13.2. The summed E-state index contributed by atoms with van der Waals surface area (Å²) < 4.78 is 38.0. The van der Waals surface area contributed by atoms with Gasteiger partial charge in [0.1, 0.15) is 10.5 Å². The monoisotopic (exact) mass is 644 g/mol. The van der Waals surface area contributed by atoms with Crippen LogP contribution in [0.3, 0.4) is 0 Å². The van der Waals surface area contributed by atoms with Gasteiger partial charge in [-0.2, -0.15) is 13.2 Å². The number of likely N-dealkylation sites (tertiary alicyclic amines) is 2. The van der Waals surface area contributed by atoms with E-state index in [2.05, 4.69) is 21.7 Å². The highest BCUT2D eigenvalue weighted by Gasteiger charge is 2.55. The topological polar surface area (TPSA) is 103 Å². The molecule has 44 heavy (non-hydrogen) atoms. The van der Waals surface area contributed by atoms with E-state index in [1.165, 1.54) is 43.4 Å². The maximum Gasteiger partial charge on any atom is 0.490 e. The lowest BCUT2D eigenvalue weighted by atomic mass is 9.80. The third-order valence-electron chi connectivity index (χ3n) is 9.77. The number of aromatic nitrogens is 1. The summed E-state index contributed by atoms with van der Waals surface area (Å²) in [4.78, 5) is 47.1. The molecule has 4 fully saturated rings. The molecule has 0 bridgehead atoms. The number of hydrogen-bond acceptors (Lipinski definition) is 7. The van der Waals surface area contributed by atoms with Gasteiger partial charge in [-0.15, -0.1) is 11.3 Å². The molecule has 1 spiro atoms. The molecule has 1 aliphatic carbocycles. The van der Waals surface area contributed by atoms with Crippen molar-refractivity contribution >= 4 is 29.3 Å². The average molecular weight is 645 g/mol. The number of alkyl halides is 3. The lowest BCUT2D eigenvalue weighted by Crippen LogP contribution is -2.56. The minimum atomic E-state index is -5.08. The predicted octanol–water partition coefficient (Wildman–Crippen LogP) is 6.42. The van der Waals surface area contributed by atoms with Crippen LogP contribution in [0.2, 0.25) is 0 Å². The lowest BCUT2D eigenvalue weighted by molar-refractivity contribution is -0.192. The van der Waals surface area contributed by atoms with Crippen LogP contribution in [0, 0.1) is 19.8 Å². The Morgan fingerprint density at radius 1 is 1.05 bits per heavy atom. The van der Waals surface area contributed by atoms with Crippen LogP contribution in [-0.4, -0.2) is 99.3 Å². The Bertz CT molecular complexity index is 1140. The molecule has 4 heterocycles. The minimum Gasteiger partial charge on any atom is -0.475 e. The van der Waals surface area contributed by atoms with Gasteiger partial charge in [-0.05, 0) is 51.9 Å². The van der Waals surface area contributed by atoms with Crippen molar-refractivity contribution in [1.82, 2.24) is 19.7 Å². The second kappa shape index (κ2) is 14.8. The Morgan fingerprint density at radius 3 is 2.18 bits per heavy atom. The van der Waals surface area contributed by atoms with Gasteiger partial charge in [0.15, 0.2) is 0 Å². The zero-order valence-corrected chi connectivity index (χ0v) is 27.0. The lowest BCUT2D eigenvalue weighted by Gasteiger charge is -2.46. The Kier molecular flexibility index (Phi) is 11.6. The molecule has 5 rings (SSSR count). The number of carbonyl (C=O) groups is 3. The van der Waals surface area contributed by atoms with Crippen LogP contribution in [0.4, 0.5) is 18.0 Å². The van der Waals surface area contributed by atoms with Gasteiger partial charge in [0.25, 0.3) is 5.91 Å². The summed E-state index contributed by atoms with van der Waals surface area (Å²) in [6.45, 7) is 10.6. The number of carboxylic acid groups (broad SMARTS) is 1. The van der Waals surface area contributed by atoms with E-state index < -0.39 is 12.1 Å². The molecule has 1 saturated carbocycles. The summed E-state index contributed by atoms with van der Waals surface area (Å²) >= 11 is 1.51. The number of carboxylic acids is 1. The fourth-order valence-corrected chi connectivity index (χ4v) is 8.28. The predicted molar refractivity (Wildman–Crippen MR) is 161 cm³/mol. The molecule has 2 amide bonds. The molecule has 13 heteroatoms. The summed E-state index contributed by atoms with van der Waals surface area (Å²) in [6.07, 6.45) is 8.61. The van der Waals surface area contributed by atoms with Crippen molar-refractivity contribution in [2.75, 3.05) is 32.7 Å². The number of nitrogens with zero attached hydrogens (tertiary/aromatic N) is 4. The Labute approximate surface area is 262 Å². The first kappa shape index (κ1) is 34.5. The second-order valence-electron chi connectivity index (χ2n) is 12.8. The molecule has 0 aromatic carbocycles. The molecule has 1 aromatic rings. The van der Waals surface area contributed by atoms with Crippen LogP contribution in [0.25, 0.3) is 0 Å². The summed E-state index contributed by atoms with van der Waals surface area (Å²) in [6, 6.07) is 0.741. The van der Waals surface area contributed by atoms with Gasteiger partial charge in [-0.25, -0.2) is 14.6 Å². The Balaban J connectivity index is 0.000000566. The molecule has 1 aromatic heterocycles. The van der Waals surface area contributed by atoms with Crippen molar-refractivity contribution in [2.45, 2.75) is 122 Å². The number of amides is 2. The Morgan fingerprint density at radius 2 is 1.66 bits per heavy atom. The number of unbranched alkanes of at least 4 members (excludes halogenated alkanes) is 1. The Hall–Kier alpha value is -2.41. The smallest absolute Gasteiger partial charge is 0.475 e. The van der Waals surface area contributed by atoms with Crippen molar-refractivity contribution < 1.29 is 37.4 Å². The number of aliphatic carboxylic acids is 1. The normalized spacial score (nSPS) is 23.4. The molecule has 1 unspecified atom stereocenters. The molecule has 3 aliphatic heterocycles. The first-order valence-electron chi connectivity index (χ1n) is 16.1. The molecule has 9 nitrogen and oxygen atoms in total. The number of thiazole rings is 1. The summed E-state index contributed by atoms with van der Waals surface area (Å²) in [5.41, 5.74) is 0.549. The third kappa shape index (κ3) is 8.24. The second-order valence-corrected chi connectivity index (χ2v) is 14.0. The molecule has 4 aliphatic rings. The molecule has 248 valence electrons. The number of hydrogen-bond donors (Lipinski definition) is 1. The first-order chi connectivity index (χ1) is 20.8.